The summed E-state index contributed by atoms with van der Waals surface area (Å²) >= 11 is 0. The van der Waals surface area contributed by atoms with Crippen LogP contribution in [0.2, 0.25) is 0 Å². The van der Waals surface area contributed by atoms with Crippen LogP contribution < -0.4 is 4.74 Å². The number of aliphatic carboxylic acids is 1. The van der Waals surface area contributed by atoms with Gasteiger partial charge in [-0.25, -0.2) is 4.79 Å². The molecule has 6 nitrogen and oxygen atoms in total. The lowest BCUT2D eigenvalue weighted by Crippen LogP contribution is -2.34. The van der Waals surface area contributed by atoms with Gasteiger partial charge < -0.3 is 20.1 Å². The molecule has 0 spiro atoms. The number of aromatic hydroxyl groups is 2. The van der Waals surface area contributed by atoms with Gasteiger partial charge in [0.2, 0.25) is 0 Å². The Morgan fingerprint density at radius 3 is 2.00 bits per heavy atom. The van der Waals surface area contributed by atoms with E-state index in [0.717, 1.165) is 6.92 Å². The number of carboxylic acid groups (broad SMARTS) is 1. The van der Waals surface area contributed by atoms with Gasteiger partial charge in [0.1, 0.15) is 22.8 Å². The van der Waals surface area contributed by atoms with Crippen LogP contribution in [-0.2, 0) is 4.79 Å². The molecule has 18 heavy (non-hydrogen) atoms. The van der Waals surface area contributed by atoms with E-state index in [0.29, 0.717) is 12.1 Å². The third kappa shape index (κ3) is 2.65. The van der Waals surface area contributed by atoms with E-state index >= 15 is 0 Å². The van der Waals surface area contributed by atoms with Crippen molar-refractivity contribution >= 4 is 11.8 Å². The fraction of sp³-hybridized carbons (Fsp3) is 0.200. The number of ether oxygens (including phenoxy) is 1. The summed E-state index contributed by atoms with van der Waals surface area (Å²) in [6.07, 6.45) is -4.52. The molecular weight excluding hydrogens is 254 g/mol. The highest BCUT2D eigenvalue weighted by Crippen LogP contribution is 2.34. The molecule has 0 aromatic heterocycles. The number of benzene rings is 1. The lowest BCUT2D eigenvalue weighted by atomic mass is 10.1. The summed E-state index contributed by atoms with van der Waals surface area (Å²) in [5.41, 5.74) is -0.471. The largest absolute Gasteiger partial charge is 0.507 e. The van der Waals surface area contributed by atoms with E-state index in [1.165, 1.54) is 0 Å². The molecule has 98 valence electrons. The smallest absolute Gasteiger partial charge is 0.501 e. The molecule has 0 bridgehead atoms. The zero-order valence-electron chi connectivity index (χ0n) is 8.98. The Kier molecular flexibility index (Phi) is 3.40. The second kappa shape index (κ2) is 4.47. The molecule has 0 heterocycles. The Balaban J connectivity index is 3.16. The van der Waals surface area contributed by atoms with E-state index < -0.39 is 40.7 Å². The van der Waals surface area contributed by atoms with Crippen molar-refractivity contribution in [3.63, 3.8) is 0 Å². The molecule has 8 heteroatoms. The number of halogens is 2. The third-order valence-electron chi connectivity index (χ3n) is 1.92. The molecule has 1 rings (SSSR count). The molecule has 3 N–H and O–H groups in total. The molecule has 0 saturated carbocycles. The summed E-state index contributed by atoms with van der Waals surface area (Å²) in [5.74, 6) is -5.60. The Morgan fingerprint density at radius 2 is 1.67 bits per heavy atom. The van der Waals surface area contributed by atoms with Crippen molar-refractivity contribution in [3.05, 3.63) is 17.7 Å². The summed E-state index contributed by atoms with van der Waals surface area (Å²) in [4.78, 5) is 21.1. The number of Topliss-reactive ketones (excluding diaryl/α,β-unsaturated/α-hetero) is 1. The summed E-state index contributed by atoms with van der Waals surface area (Å²) in [6.45, 7) is 1.04. The van der Waals surface area contributed by atoms with Crippen LogP contribution in [0.5, 0.6) is 17.2 Å². The predicted octanol–water partition coefficient (Wildman–Crippen LogP) is 1.36. The fourth-order valence-electron chi connectivity index (χ4n) is 1.20. The molecule has 0 saturated heterocycles. The summed E-state index contributed by atoms with van der Waals surface area (Å²) in [5, 5.41) is 26.8. The topological polar surface area (TPSA) is 104 Å². The highest BCUT2D eigenvalue weighted by Gasteiger charge is 2.42. The Hall–Kier alpha value is -2.38. The highest BCUT2D eigenvalue weighted by atomic mass is 19.3. The molecule has 0 aliphatic carbocycles. The van der Waals surface area contributed by atoms with Crippen LogP contribution in [0.25, 0.3) is 0 Å². The Labute approximate surface area is 99.0 Å². The maximum absolute atomic E-state index is 12.7. The number of hydrogen-bond donors (Lipinski definition) is 3. The summed E-state index contributed by atoms with van der Waals surface area (Å²) < 4.78 is 29.2. The first-order chi connectivity index (χ1) is 8.15. The standard InChI is InChI=1S/C10H8F2O6/c1-4(13)8-6(14)2-5(3-7(8)15)18-10(11,12)9(16)17/h2-3,14-15H,1H3,(H,16,17). The number of carbonyl (C=O) groups excluding carboxylic acids is 1. The second-order valence-electron chi connectivity index (χ2n) is 3.32. The predicted molar refractivity (Wildman–Crippen MR) is 53.0 cm³/mol. The monoisotopic (exact) mass is 262 g/mol. The van der Waals surface area contributed by atoms with Gasteiger partial charge in [-0.15, -0.1) is 0 Å². The van der Waals surface area contributed by atoms with E-state index in [-0.39, 0.29) is 0 Å². The minimum Gasteiger partial charge on any atom is -0.507 e. The summed E-state index contributed by atoms with van der Waals surface area (Å²) in [7, 11) is 0. The molecule has 0 radical (unpaired) electrons. The average molecular weight is 262 g/mol. The van der Waals surface area contributed by atoms with Gasteiger partial charge >= 0.3 is 12.1 Å². The first-order valence-corrected chi connectivity index (χ1v) is 4.52. The lowest BCUT2D eigenvalue weighted by molar-refractivity contribution is -0.210. The Morgan fingerprint density at radius 1 is 1.22 bits per heavy atom. The van der Waals surface area contributed by atoms with E-state index in [2.05, 4.69) is 4.74 Å². The third-order valence-corrected chi connectivity index (χ3v) is 1.92. The molecule has 0 atom stereocenters. The van der Waals surface area contributed by atoms with E-state index in [4.69, 9.17) is 5.11 Å². The number of alkyl halides is 2. The van der Waals surface area contributed by atoms with Gasteiger partial charge in [-0.1, -0.05) is 0 Å². The molecule has 1 aromatic rings. The first-order valence-electron chi connectivity index (χ1n) is 4.52. The van der Waals surface area contributed by atoms with E-state index in [9.17, 15) is 28.6 Å². The normalized spacial score (nSPS) is 11.1. The molecule has 0 amide bonds. The van der Waals surface area contributed by atoms with Crippen molar-refractivity contribution in [2.45, 2.75) is 13.0 Å². The number of carbonyl (C=O) groups is 2. The number of phenolic OH excluding ortho intramolecular Hbond substituents is 2. The number of rotatable bonds is 4. The molecule has 0 aliphatic heterocycles. The number of phenols is 2. The van der Waals surface area contributed by atoms with Gasteiger partial charge in [0, 0.05) is 12.1 Å². The van der Waals surface area contributed by atoms with Gasteiger partial charge in [0.05, 0.1) is 0 Å². The molecule has 0 unspecified atom stereocenters. The van der Waals surface area contributed by atoms with Crippen LogP contribution in [-0.4, -0.2) is 33.2 Å². The van der Waals surface area contributed by atoms with Crippen molar-refractivity contribution in [2.24, 2.45) is 0 Å². The molecule has 1 aromatic carbocycles. The summed E-state index contributed by atoms with van der Waals surface area (Å²) in [6, 6.07) is 1.21. The molecule has 0 aliphatic rings. The van der Waals surface area contributed by atoms with E-state index in [1.807, 2.05) is 0 Å². The number of hydrogen-bond acceptors (Lipinski definition) is 5. The van der Waals surface area contributed by atoms with Crippen molar-refractivity contribution in [1.29, 1.82) is 0 Å². The fourth-order valence-corrected chi connectivity index (χ4v) is 1.20. The highest BCUT2D eigenvalue weighted by molar-refractivity contribution is 5.99. The van der Waals surface area contributed by atoms with Crippen LogP contribution in [0.4, 0.5) is 8.78 Å². The number of ketones is 1. The first kappa shape index (κ1) is 13.7. The van der Waals surface area contributed by atoms with Crippen molar-refractivity contribution < 1.29 is 38.4 Å². The van der Waals surface area contributed by atoms with Gasteiger partial charge in [0.25, 0.3) is 0 Å². The van der Waals surface area contributed by atoms with Crippen molar-refractivity contribution in [2.75, 3.05) is 0 Å². The van der Waals surface area contributed by atoms with Crippen LogP contribution in [0, 0.1) is 0 Å². The van der Waals surface area contributed by atoms with Crippen LogP contribution in [0.3, 0.4) is 0 Å². The lowest BCUT2D eigenvalue weighted by Gasteiger charge is -2.14. The molecule has 0 fully saturated rings. The van der Waals surface area contributed by atoms with E-state index in [1.54, 1.807) is 0 Å². The van der Waals surface area contributed by atoms with Gasteiger partial charge in [0.15, 0.2) is 5.78 Å². The zero-order chi connectivity index (χ0) is 14.1. The maximum atomic E-state index is 12.7. The quantitative estimate of drug-likeness (QED) is 0.707. The van der Waals surface area contributed by atoms with Crippen molar-refractivity contribution in [3.8, 4) is 17.2 Å². The van der Waals surface area contributed by atoms with Crippen LogP contribution >= 0.6 is 0 Å². The Bertz CT molecular complexity index is 488. The van der Waals surface area contributed by atoms with Gasteiger partial charge in [-0.05, 0) is 6.92 Å². The van der Waals surface area contributed by atoms with Gasteiger partial charge in [-0.2, -0.15) is 8.78 Å². The SMILES string of the molecule is CC(=O)c1c(O)cc(OC(F)(F)C(=O)O)cc1O. The molecular formula is C10H8F2O6. The zero-order valence-corrected chi connectivity index (χ0v) is 8.98. The van der Waals surface area contributed by atoms with Gasteiger partial charge in [-0.3, -0.25) is 4.79 Å². The minimum atomic E-state index is -4.52. The average Bonchev–Trinajstić information content (AvgIpc) is 2.13. The van der Waals surface area contributed by atoms with Crippen molar-refractivity contribution in [1.82, 2.24) is 0 Å². The maximum Gasteiger partial charge on any atom is 0.501 e. The minimum absolute atomic E-state index is 0.471. The van der Waals surface area contributed by atoms with Crippen LogP contribution in [0.1, 0.15) is 17.3 Å². The van der Waals surface area contributed by atoms with Crippen LogP contribution in [0.15, 0.2) is 12.1 Å². The second-order valence-corrected chi connectivity index (χ2v) is 3.32. The number of carboxylic acids is 1.